The Labute approximate surface area is 102 Å². The molecular formula is C15H16N2. The topological polar surface area (TPSA) is 24.9 Å². The Morgan fingerprint density at radius 2 is 1.88 bits per heavy atom. The molecule has 0 unspecified atom stereocenters. The van der Waals surface area contributed by atoms with Crippen molar-refractivity contribution in [1.82, 2.24) is 4.98 Å². The fraction of sp³-hybridized carbons (Fsp3) is 0.267. The number of pyridine rings is 1. The third kappa shape index (κ3) is 2.31. The van der Waals surface area contributed by atoms with Crippen LogP contribution < -0.4 is 5.32 Å². The number of nitrogens with zero attached hydrogens (tertiary/aromatic N) is 1. The largest absolute Gasteiger partial charge is 0.366 e. The van der Waals surface area contributed by atoms with Gasteiger partial charge in [-0.15, -0.1) is 0 Å². The van der Waals surface area contributed by atoms with Crippen molar-refractivity contribution in [2.24, 2.45) is 0 Å². The molecule has 1 aliphatic carbocycles. The molecule has 0 saturated carbocycles. The van der Waals surface area contributed by atoms with E-state index in [4.69, 9.17) is 0 Å². The summed E-state index contributed by atoms with van der Waals surface area (Å²) in [4.78, 5) is 4.66. The van der Waals surface area contributed by atoms with E-state index in [9.17, 15) is 0 Å². The van der Waals surface area contributed by atoms with Gasteiger partial charge in [-0.3, -0.25) is 0 Å². The molecule has 1 aliphatic rings. The van der Waals surface area contributed by atoms with Gasteiger partial charge in [0.1, 0.15) is 5.82 Å². The standard InChI is InChI=1S/C15H16N2/c1-2-5-12(6-3-1)11-16-15-10-9-13-7-4-8-14(13)17-15/h1-3,5-6,9-10H,4,7-8,11H2,(H,16,17). The molecule has 0 fully saturated rings. The minimum atomic E-state index is 0.840. The van der Waals surface area contributed by atoms with Crippen LogP contribution in [0, 0.1) is 0 Å². The van der Waals surface area contributed by atoms with Gasteiger partial charge in [-0.2, -0.15) is 0 Å². The van der Waals surface area contributed by atoms with Crippen molar-refractivity contribution in [3.8, 4) is 0 Å². The summed E-state index contributed by atoms with van der Waals surface area (Å²) in [5.74, 6) is 0.995. The van der Waals surface area contributed by atoms with Crippen molar-refractivity contribution in [1.29, 1.82) is 0 Å². The van der Waals surface area contributed by atoms with E-state index in [0.717, 1.165) is 18.8 Å². The lowest BCUT2D eigenvalue weighted by atomic mass is 10.2. The van der Waals surface area contributed by atoms with E-state index in [2.05, 4.69) is 46.7 Å². The Balaban J connectivity index is 1.70. The molecule has 1 aromatic heterocycles. The maximum atomic E-state index is 4.66. The van der Waals surface area contributed by atoms with Crippen LogP contribution >= 0.6 is 0 Å². The smallest absolute Gasteiger partial charge is 0.126 e. The summed E-state index contributed by atoms with van der Waals surface area (Å²) in [7, 11) is 0. The second-order valence-electron chi connectivity index (χ2n) is 4.50. The number of anilines is 1. The minimum Gasteiger partial charge on any atom is -0.366 e. The summed E-state index contributed by atoms with van der Waals surface area (Å²) in [6.45, 7) is 0.840. The van der Waals surface area contributed by atoms with Gasteiger partial charge in [0.2, 0.25) is 0 Å². The highest BCUT2D eigenvalue weighted by atomic mass is 15.0. The number of hydrogen-bond donors (Lipinski definition) is 1. The molecule has 1 N–H and O–H groups in total. The first-order valence-electron chi connectivity index (χ1n) is 6.18. The molecule has 0 amide bonds. The quantitative estimate of drug-likeness (QED) is 0.866. The summed E-state index contributed by atoms with van der Waals surface area (Å²) in [5, 5.41) is 3.38. The Morgan fingerprint density at radius 1 is 1.00 bits per heavy atom. The number of hydrogen-bond acceptors (Lipinski definition) is 2. The van der Waals surface area contributed by atoms with Crippen molar-refractivity contribution in [3.05, 3.63) is 59.3 Å². The fourth-order valence-electron chi connectivity index (χ4n) is 2.31. The van der Waals surface area contributed by atoms with Gasteiger partial charge in [-0.25, -0.2) is 4.98 Å². The van der Waals surface area contributed by atoms with Gasteiger partial charge in [0.15, 0.2) is 0 Å². The van der Waals surface area contributed by atoms with Crippen molar-refractivity contribution in [3.63, 3.8) is 0 Å². The van der Waals surface area contributed by atoms with E-state index in [1.807, 2.05) is 6.07 Å². The van der Waals surface area contributed by atoms with E-state index in [0.29, 0.717) is 0 Å². The summed E-state index contributed by atoms with van der Waals surface area (Å²) in [5.41, 5.74) is 3.99. The van der Waals surface area contributed by atoms with Crippen LogP contribution in [0.1, 0.15) is 23.2 Å². The molecule has 2 aromatic rings. The number of aromatic nitrogens is 1. The molecule has 1 aromatic carbocycles. The summed E-state index contributed by atoms with van der Waals surface area (Å²) in [6.07, 6.45) is 3.59. The lowest BCUT2D eigenvalue weighted by molar-refractivity contribution is 0.899. The lowest BCUT2D eigenvalue weighted by Gasteiger charge is -2.07. The lowest BCUT2D eigenvalue weighted by Crippen LogP contribution is -2.02. The molecular weight excluding hydrogens is 208 g/mol. The third-order valence-electron chi connectivity index (χ3n) is 3.24. The number of aryl methyl sites for hydroxylation is 2. The molecule has 1 heterocycles. The SMILES string of the molecule is c1ccc(CNc2ccc3c(n2)CCC3)cc1. The van der Waals surface area contributed by atoms with Crippen LogP contribution in [0.4, 0.5) is 5.82 Å². The van der Waals surface area contributed by atoms with Gasteiger partial charge in [0.05, 0.1) is 0 Å². The van der Waals surface area contributed by atoms with Crippen LogP contribution in [-0.2, 0) is 19.4 Å². The predicted octanol–water partition coefficient (Wildman–Crippen LogP) is 3.18. The highest BCUT2D eigenvalue weighted by Gasteiger charge is 2.11. The average Bonchev–Trinajstić information content (AvgIpc) is 2.85. The van der Waals surface area contributed by atoms with Crippen LogP contribution in [0.15, 0.2) is 42.5 Å². The monoisotopic (exact) mass is 224 g/mol. The molecule has 0 radical (unpaired) electrons. The van der Waals surface area contributed by atoms with E-state index < -0.39 is 0 Å². The maximum absolute atomic E-state index is 4.66. The Morgan fingerprint density at radius 3 is 2.76 bits per heavy atom. The van der Waals surface area contributed by atoms with Crippen LogP contribution in [0.25, 0.3) is 0 Å². The van der Waals surface area contributed by atoms with Gasteiger partial charge >= 0.3 is 0 Å². The van der Waals surface area contributed by atoms with Crippen LogP contribution in [0.5, 0.6) is 0 Å². The van der Waals surface area contributed by atoms with Crippen LogP contribution in [-0.4, -0.2) is 4.98 Å². The zero-order valence-corrected chi connectivity index (χ0v) is 9.82. The molecule has 0 saturated heterocycles. The van der Waals surface area contributed by atoms with Crippen LogP contribution in [0.2, 0.25) is 0 Å². The molecule has 2 heteroatoms. The molecule has 0 spiro atoms. The van der Waals surface area contributed by atoms with Crippen molar-refractivity contribution in [2.75, 3.05) is 5.32 Å². The van der Waals surface area contributed by atoms with Gasteiger partial charge in [0, 0.05) is 12.2 Å². The Bertz CT molecular complexity index is 506. The summed E-state index contributed by atoms with van der Waals surface area (Å²) >= 11 is 0. The first-order valence-corrected chi connectivity index (χ1v) is 6.18. The maximum Gasteiger partial charge on any atom is 0.126 e. The van der Waals surface area contributed by atoms with Crippen LogP contribution in [0.3, 0.4) is 0 Å². The number of rotatable bonds is 3. The van der Waals surface area contributed by atoms with Gasteiger partial charge in [-0.05, 0) is 36.5 Å². The molecule has 0 bridgehead atoms. The van der Waals surface area contributed by atoms with E-state index >= 15 is 0 Å². The second kappa shape index (κ2) is 4.58. The van der Waals surface area contributed by atoms with Crippen molar-refractivity contribution >= 4 is 5.82 Å². The Kier molecular flexibility index (Phi) is 2.78. The van der Waals surface area contributed by atoms with Gasteiger partial charge < -0.3 is 5.32 Å². The molecule has 86 valence electrons. The zero-order valence-electron chi connectivity index (χ0n) is 9.82. The molecule has 3 rings (SSSR count). The molecule has 0 aliphatic heterocycles. The first-order chi connectivity index (χ1) is 8.42. The van der Waals surface area contributed by atoms with E-state index in [-0.39, 0.29) is 0 Å². The summed E-state index contributed by atoms with van der Waals surface area (Å²) in [6, 6.07) is 14.7. The zero-order chi connectivity index (χ0) is 11.5. The molecule has 0 atom stereocenters. The first kappa shape index (κ1) is 10.3. The predicted molar refractivity (Wildman–Crippen MR) is 70.0 cm³/mol. The average molecular weight is 224 g/mol. The van der Waals surface area contributed by atoms with E-state index in [1.54, 1.807) is 0 Å². The number of fused-ring (bicyclic) bond motifs is 1. The van der Waals surface area contributed by atoms with Crippen molar-refractivity contribution < 1.29 is 0 Å². The number of nitrogens with one attached hydrogen (secondary N) is 1. The third-order valence-corrected chi connectivity index (χ3v) is 3.24. The highest BCUT2D eigenvalue weighted by molar-refractivity contribution is 5.41. The molecule has 2 nitrogen and oxygen atoms in total. The normalized spacial score (nSPS) is 13.4. The van der Waals surface area contributed by atoms with Crippen molar-refractivity contribution in [2.45, 2.75) is 25.8 Å². The molecule has 17 heavy (non-hydrogen) atoms. The Hall–Kier alpha value is -1.83. The van der Waals surface area contributed by atoms with Gasteiger partial charge in [0.25, 0.3) is 0 Å². The minimum absolute atomic E-state index is 0.840. The summed E-state index contributed by atoms with van der Waals surface area (Å²) < 4.78 is 0. The second-order valence-corrected chi connectivity index (χ2v) is 4.50. The van der Waals surface area contributed by atoms with Gasteiger partial charge in [-0.1, -0.05) is 36.4 Å². The fourth-order valence-corrected chi connectivity index (χ4v) is 2.31. The van der Waals surface area contributed by atoms with E-state index in [1.165, 1.54) is 29.7 Å². The number of benzene rings is 1. The highest BCUT2D eigenvalue weighted by Crippen LogP contribution is 2.21.